The second-order valence-electron chi connectivity index (χ2n) is 2.48. The summed E-state index contributed by atoms with van der Waals surface area (Å²) in [5.74, 6) is 0. The van der Waals surface area contributed by atoms with Gasteiger partial charge in [-0.05, 0) is 19.6 Å². The molecule has 0 fully saturated rings. The Hall–Kier alpha value is 0.367. The van der Waals surface area contributed by atoms with Gasteiger partial charge in [-0.3, -0.25) is 4.57 Å². The summed E-state index contributed by atoms with van der Waals surface area (Å²) in [6, 6.07) is 0. The highest BCUT2D eigenvalue weighted by Crippen LogP contribution is 2.21. The van der Waals surface area contributed by atoms with Crippen LogP contribution in [0.1, 0.15) is 0 Å². The topological polar surface area (TPSA) is 46.5 Å². The van der Waals surface area contributed by atoms with Gasteiger partial charge in [0.15, 0.2) is 8.32 Å². The van der Waals surface area contributed by atoms with E-state index in [4.69, 9.17) is 4.89 Å². The first kappa shape index (κ1) is 8.37. The number of rotatable bonds is 2. The molecule has 5 heteroatoms. The van der Waals surface area contributed by atoms with Crippen LogP contribution in [0.15, 0.2) is 0 Å². The fourth-order valence-electron chi connectivity index (χ4n) is 0.262. The van der Waals surface area contributed by atoms with Gasteiger partial charge in [-0.1, -0.05) is 0 Å². The average molecular weight is 154 g/mol. The van der Waals surface area contributed by atoms with Crippen molar-refractivity contribution in [3.05, 3.63) is 0 Å². The van der Waals surface area contributed by atoms with Crippen LogP contribution in [0, 0.1) is 0 Å². The van der Waals surface area contributed by atoms with E-state index in [9.17, 15) is 4.57 Å². The Bertz CT molecular complexity index is 97.2. The Kier molecular flexibility index (Phi) is 2.91. The van der Waals surface area contributed by atoms with Crippen molar-refractivity contribution in [3.8, 4) is 0 Å². The van der Waals surface area contributed by atoms with Crippen LogP contribution in [0.3, 0.4) is 0 Å². The van der Waals surface area contributed by atoms with E-state index in [0.717, 1.165) is 0 Å². The fraction of sp³-hybridized carbons (Fsp3) is 1.00. The van der Waals surface area contributed by atoms with E-state index in [2.05, 4.69) is 4.21 Å². The van der Waals surface area contributed by atoms with Crippen molar-refractivity contribution in [1.29, 1.82) is 0 Å². The third-order valence-electron chi connectivity index (χ3n) is 0.393. The molecule has 0 aliphatic rings. The summed E-state index contributed by atoms with van der Waals surface area (Å²) in [7, 11) is -4.42. The molecule has 0 aromatic rings. The smallest absolute Gasteiger partial charge is 0.306 e. The third kappa shape index (κ3) is 6.37. The molecule has 0 aromatic heterocycles. The van der Waals surface area contributed by atoms with Crippen molar-refractivity contribution in [1.82, 2.24) is 0 Å². The molecule has 0 amide bonds. The first-order chi connectivity index (χ1) is 3.42. The zero-order valence-corrected chi connectivity index (χ0v) is 7.26. The molecule has 1 unspecified atom stereocenters. The van der Waals surface area contributed by atoms with E-state index in [1.54, 1.807) is 0 Å². The Morgan fingerprint density at radius 2 is 1.88 bits per heavy atom. The molecule has 8 heavy (non-hydrogen) atoms. The molecule has 0 saturated carbocycles. The molecule has 50 valence electrons. The summed E-state index contributed by atoms with van der Waals surface area (Å²) >= 11 is 0. The Balaban J connectivity index is 3.55. The highest BCUT2D eigenvalue weighted by atomic mass is 31.1. The van der Waals surface area contributed by atoms with E-state index in [0.29, 0.717) is 0 Å². The standard InChI is InChI=1S/C3H11O3PSi/c1-8(2,3)6-7(4)5/h7H,1-3H3,(H,4,5). The summed E-state index contributed by atoms with van der Waals surface area (Å²) in [6.07, 6.45) is 0. The van der Waals surface area contributed by atoms with E-state index in [-0.39, 0.29) is 0 Å². The predicted octanol–water partition coefficient (Wildman–Crippen LogP) is 1.22. The maximum atomic E-state index is 10.0. The molecule has 0 bridgehead atoms. The summed E-state index contributed by atoms with van der Waals surface area (Å²) in [5, 5.41) is 0. The van der Waals surface area contributed by atoms with Crippen LogP contribution in [0.5, 0.6) is 0 Å². The lowest BCUT2D eigenvalue weighted by molar-refractivity contribution is 0.409. The number of hydrogen-bond acceptors (Lipinski definition) is 2. The van der Waals surface area contributed by atoms with Crippen molar-refractivity contribution < 1.29 is 13.7 Å². The van der Waals surface area contributed by atoms with Crippen LogP contribution in [0.4, 0.5) is 0 Å². The minimum Gasteiger partial charge on any atom is -0.353 e. The normalized spacial score (nSPS) is 16.0. The molecule has 1 N–H and O–H groups in total. The van der Waals surface area contributed by atoms with Crippen LogP contribution in [0.25, 0.3) is 0 Å². The molecule has 0 aromatic carbocycles. The highest BCUT2D eigenvalue weighted by molar-refractivity contribution is 7.34. The van der Waals surface area contributed by atoms with Crippen LogP contribution < -0.4 is 0 Å². The van der Waals surface area contributed by atoms with Crippen molar-refractivity contribution in [2.24, 2.45) is 0 Å². The van der Waals surface area contributed by atoms with Crippen LogP contribution >= 0.6 is 8.25 Å². The van der Waals surface area contributed by atoms with Crippen LogP contribution in [-0.2, 0) is 8.78 Å². The van der Waals surface area contributed by atoms with Crippen molar-refractivity contribution in [3.63, 3.8) is 0 Å². The van der Waals surface area contributed by atoms with Gasteiger partial charge in [0.05, 0.1) is 0 Å². The Morgan fingerprint density at radius 3 is 1.88 bits per heavy atom. The van der Waals surface area contributed by atoms with Gasteiger partial charge in [0, 0.05) is 0 Å². The van der Waals surface area contributed by atoms with Gasteiger partial charge in [-0.2, -0.15) is 0 Å². The van der Waals surface area contributed by atoms with Gasteiger partial charge in [0.2, 0.25) is 0 Å². The predicted molar refractivity (Wildman–Crippen MR) is 35.7 cm³/mol. The molecule has 0 aliphatic heterocycles. The molecule has 0 saturated heterocycles. The first-order valence-electron chi connectivity index (χ1n) is 2.34. The zero-order valence-electron chi connectivity index (χ0n) is 5.26. The molecular weight excluding hydrogens is 143 g/mol. The highest BCUT2D eigenvalue weighted by Gasteiger charge is 2.15. The molecule has 1 atom stereocenters. The minimum atomic E-state index is -2.68. The molecule has 0 spiro atoms. The SMILES string of the molecule is C[Si](C)(C)O[PH](=O)O. The lowest BCUT2D eigenvalue weighted by Gasteiger charge is -2.12. The third-order valence-corrected chi connectivity index (χ3v) is 3.54. The maximum Gasteiger partial charge on any atom is 0.306 e. The van der Waals surface area contributed by atoms with Gasteiger partial charge >= 0.3 is 8.25 Å². The maximum absolute atomic E-state index is 10.0. The molecule has 0 heterocycles. The lowest BCUT2D eigenvalue weighted by Crippen LogP contribution is -2.21. The van der Waals surface area contributed by atoms with Gasteiger partial charge in [0.25, 0.3) is 0 Å². The van der Waals surface area contributed by atoms with Gasteiger partial charge < -0.3 is 9.11 Å². The van der Waals surface area contributed by atoms with Gasteiger partial charge in [-0.25, -0.2) is 0 Å². The summed E-state index contributed by atoms with van der Waals surface area (Å²) in [5.41, 5.74) is 0. The second-order valence-corrected chi connectivity index (χ2v) is 8.05. The van der Waals surface area contributed by atoms with Crippen molar-refractivity contribution in [2.75, 3.05) is 0 Å². The van der Waals surface area contributed by atoms with Crippen LogP contribution in [0.2, 0.25) is 19.6 Å². The summed E-state index contributed by atoms with van der Waals surface area (Å²) in [4.78, 5) is 8.25. The fourth-order valence-corrected chi connectivity index (χ4v) is 2.36. The first-order valence-corrected chi connectivity index (χ1v) is 7.01. The van der Waals surface area contributed by atoms with Crippen molar-refractivity contribution >= 4 is 16.6 Å². The van der Waals surface area contributed by atoms with E-state index >= 15 is 0 Å². The van der Waals surface area contributed by atoms with E-state index in [1.807, 2.05) is 19.6 Å². The second kappa shape index (κ2) is 2.78. The monoisotopic (exact) mass is 154 g/mol. The van der Waals surface area contributed by atoms with Gasteiger partial charge in [0.1, 0.15) is 0 Å². The average Bonchev–Trinajstić information content (AvgIpc) is 1.21. The quantitative estimate of drug-likeness (QED) is 0.480. The zero-order chi connectivity index (χ0) is 6.78. The van der Waals surface area contributed by atoms with E-state index in [1.165, 1.54) is 0 Å². The summed E-state index contributed by atoms with van der Waals surface area (Å²) < 4.78 is 14.7. The molecular formula is C3H11O3PSi. The Morgan fingerprint density at radius 1 is 1.50 bits per heavy atom. The van der Waals surface area contributed by atoms with Crippen molar-refractivity contribution in [2.45, 2.75) is 19.6 Å². The van der Waals surface area contributed by atoms with E-state index < -0.39 is 16.6 Å². The summed E-state index contributed by atoms with van der Waals surface area (Å²) in [6.45, 7) is 5.60. The molecule has 0 radical (unpaired) electrons. The van der Waals surface area contributed by atoms with Gasteiger partial charge in [-0.15, -0.1) is 0 Å². The van der Waals surface area contributed by atoms with Crippen LogP contribution in [-0.4, -0.2) is 13.2 Å². The largest absolute Gasteiger partial charge is 0.353 e. The molecule has 0 aliphatic carbocycles. The molecule has 3 nitrogen and oxygen atoms in total. The number of hydrogen-bond donors (Lipinski definition) is 1. The minimum absolute atomic E-state index is 1.74. The Labute approximate surface area is 50.8 Å². The lowest BCUT2D eigenvalue weighted by atomic mass is 11.8. The molecule has 0 rings (SSSR count).